The smallest absolute Gasteiger partial charge is 0.319 e. The molecule has 1 N–H and O–H groups in total. The third kappa shape index (κ3) is 3.83. The van der Waals surface area contributed by atoms with Crippen LogP contribution < -0.4 is 5.32 Å². The van der Waals surface area contributed by atoms with E-state index in [4.69, 9.17) is 0 Å². The fourth-order valence-corrected chi connectivity index (χ4v) is 3.73. The van der Waals surface area contributed by atoms with Gasteiger partial charge in [0.15, 0.2) is 0 Å². The first kappa shape index (κ1) is 21.5. The molecule has 2 aromatic rings. The number of benzene rings is 2. The summed E-state index contributed by atoms with van der Waals surface area (Å²) in [4.78, 5) is 38.9. The lowest BCUT2D eigenvalue weighted by atomic mass is 9.90. The van der Waals surface area contributed by atoms with E-state index in [-0.39, 0.29) is 5.56 Å². The van der Waals surface area contributed by atoms with Crippen molar-refractivity contribution in [2.45, 2.75) is 25.1 Å². The van der Waals surface area contributed by atoms with Crippen LogP contribution in [0.2, 0.25) is 0 Å². The summed E-state index contributed by atoms with van der Waals surface area (Å²) < 4.78 is 39.3. The Morgan fingerprint density at radius 1 is 1.12 bits per heavy atom. The number of rotatable bonds is 4. The second-order valence-electron chi connectivity index (χ2n) is 7.70. The Hall–Kier alpha value is -3.69. The number of hydrazone groups is 1. The maximum Gasteiger partial charge on any atom is 0.416 e. The molecule has 1 fully saturated rings. The molecule has 2 aliphatic rings. The van der Waals surface area contributed by atoms with Gasteiger partial charge in [-0.25, -0.2) is 9.80 Å². The van der Waals surface area contributed by atoms with Gasteiger partial charge < -0.3 is 5.32 Å². The number of alkyl halides is 3. The maximum atomic E-state index is 13.1. The molecule has 32 heavy (non-hydrogen) atoms. The predicted octanol–water partition coefficient (Wildman–Crippen LogP) is 3.11. The summed E-state index contributed by atoms with van der Waals surface area (Å²) in [6.45, 7) is 1.05. The minimum atomic E-state index is -4.60. The highest BCUT2D eigenvalue weighted by molar-refractivity contribution is 6.09. The second kappa shape index (κ2) is 7.77. The van der Waals surface area contributed by atoms with E-state index in [1.165, 1.54) is 24.1 Å². The Morgan fingerprint density at radius 2 is 1.84 bits per heavy atom. The number of imide groups is 1. The summed E-state index contributed by atoms with van der Waals surface area (Å²) in [6, 6.07) is 12.6. The molecule has 1 unspecified atom stereocenters. The minimum absolute atomic E-state index is 0.0221. The van der Waals surface area contributed by atoms with Crippen LogP contribution in [0.3, 0.4) is 0 Å². The Bertz CT molecular complexity index is 1120. The summed E-state index contributed by atoms with van der Waals surface area (Å²) in [6.07, 6.45) is -4.07. The van der Waals surface area contributed by atoms with E-state index in [0.717, 1.165) is 17.7 Å². The average molecular weight is 444 g/mol. The molecule has 166 valence electrons. The molecule has 0 spiro atoms. The maximum absolute atomic E-state index is 13.1. The lowest BCUT2D eigenvalue weighted by Crippen LogP contribution is -2.43. The first-order chi connectivity index (χ1) is 15.1. The van der Waals surface area contributed by atoms with Crippen LogP contribution in [0.5, 0.6) is 0 Å². The first-order valence-electron chi connectivity index (χ1n) is 9.85. The van der Waals surface area contributed by atoms with E-state index in [1.807, 2.05) is 30.3 Å². The van der Waals surface area contributed by atoms with E-state index in [9.17, 15) is 27.6 Å². The number of urea groups is 1. The molecule has 1 atom stereocenters. The molecule has 4 amide bonds. The molecule has 10 heteroatoms. The SMILES string of the molecule is CC1(c2cccc(C(F)(F)F)c2)NC(=O)N(CC(=O)N2CCC(c3ccccc3)=N2)C1=O. The number of halogens is 3. The molecule has 7 nitrogen and oxygen atoms in total. The lowest BCUT2D eigenvalue weighted by molar-refractivity contribution is -0.139. The number of amides is 4. The number of hydrogen-bond acceptors (Lipinski definition) is 4. The van der Waals surface area contributed by atoms with Gasteiger partial charge >= 0.3 is 12.2 Å². The molecule has 2 heterocycles. The van der Waals surface area contributed by atoms with Crippen LogP contribution in [0, 0.1) is 0 Å². The number of carbonyl (C=O) groups is 3. The monoisotopic (exact) mass is 444 g/mol. The Labute approximate surface area is 181 Å². The second-order valence-corrected chi connectivity index (χ2v) is 7.70. The summed E-state index contributed by atoms with van der Waals surface area (Å²) in [5.74, 6) is -1.37. The molecule has 0 bridgehead atoms. The highest BCUT2D eigenvalue weighted by Gasteiger charge is 2.50. The van der Waals surface area contributed by atoms with Crippen LogP contribution in [0.1, 0.15) is 30.0 Å². The van der Waals surface area contributed by atoms with Crippen LogP contribution in [-0.4, -0.2) is 46.6 Å². The third-order valence-corrected chi connectivity index (χ3v) is 5.53. The molecular weight excluding hydrogens is 425 g/mol. The van der Waals surface area contributed by atoms with Crippen molar-refractivity contribution in [1.82, 2.24) is 15.2 Å². The highest BCUT2D eigenvalue weighted by atomic mass is 19.4. The van der Waals surface area contributed by atoms with Crippen LogP contribution >= 0.6 is 0 Å². The molecule has 2 aromatic carbocycles. The van der Waals surface area contributed by atoms with Crippen LogP contribution in [0.4, 0.5) is 18.0 Å². The van der Waals surface area contributed by atoms with E-state index in [2.05, 4.69) is 10.4 Å². The van der Waals surface area contributed by atoms with Gasteiger partial charge in [-0.3, -0.25) is 14.5 Å². The highest BCUT2D eigenvalue weighted by Crippen LogP contribution is 2.34. The van der Waals surface area contributed by atoms with Crippen molar-refractivity contribution in [3.8, 4) is 0 Å². The molecule has 0 radical (unpaired) electrons. The minimum Gasteiger partial charge on any atom is -0.319 e. The van der Waals surface area contributed by atoms with Gasteiger partial charge in [-0.15, -0.1) is 0 Å². The molecule has 2 aliphatic heterocycles. The first-order valence-corrected chi connectivity index (χ1v) is 9.85. The van der Waals surface area contributed by atoms with Crippen molar-refractivity contribution in [2.75, 3.05) is 13.1 Å². The van der Waals surface area contributed by atoms with Gasteiger partial charge in [-0.2, -0.15) is 18.3 Å². The van der Waals surface area contributed by atoms with E-state index in [0.29, 0.717) is 23.6 Å². The van der Waals surface area contributed by atoms with Gasteiger partial charge in [0.25, 0.3) is 11.8 Å². The van der Waals surface area contributed by atoms with Crippen LogP contribution in [-0.2, 0) is 21.3 Å². The lowest BCUT2D eigenvalue weighted by Gasteiger charge is -2.23. The van der Waals surface area contributed by atoms with Gasteiger partial charge in [-0.05, 0) is 30.2 Å². The Balaban J connectivity index is 1.51. The van der Waals surface area contributed by atoms with Gasteiger partial charge in [0.1, 0.15) is 12.1 Å². The molecule has 1 saturated heterocycles. The van der Waals surface area contributed by atoms with Gasteiger partial charge in [0, 0.05) is 6.42 Å². The van der Waals surface area contributed by atoms with E-state index in [1.54, 1.807) is 0 Å². The van der Waals surface area contributed by atoms with Crippen molar-refractivity contribution < 1.29 is 27.6 Å². The van der Waals surface area contributed by atoms with Crippen molar-refractivity contribution in [3.63, 3.8) is 0 Å². The zero-order chi connectivity index (χ0) is 23.1. The normalized spacial score (nSPS) is 21.1. The van der Waals surface area contributed by atoms with Crippen molar-refractivity contribution in [3.05, 3.63) is 71.3 Å². The standard InChI is InChI=1S/C22H19F3N4O3/c1-21(15-8-5-9-16(12-15)22(23,24)25)19(31)28(20(32)26-21)13-18(30)29-11-10-17(27-29)14-6-3-2-4-7-14/h2-9,12H,10-11,13H2,1H3,(H,26,32). The third-order valence-electron chi connectivity index (χ3n) is 5.53. The van der Waals surface area contributed by atoms with Crippen molar-refractivity contribution in [2.24, 2.45) is 5.10 Å². The van der Waals surface area contributed by atoms with Gasteiger partial charge in [-0.1, -0.05) is 42.5 Å². The quantitative estimate of drug-likeness (QED) is 0.736. The number of nitrogens with zero attached hydrogens (tertiary/aromatic N) is 3. The van der Waals surface area contributed by atoms with Crippen LogP contribution in [0.25, 0.3) is 0 Å². The predicted molar refractivity (Wildman–Crippen MR) is 108 cm³/mol. The van der Waals surface area contributed by atoms with Crippen LogP contribution in [0.15, 0.2) is 59.7 Å². The topological polar surface area (TPSA) is 82.1 Å². The molecule has 4 rings (SSSR count). The zero-order valence-electron chi connectivity index (χ0n) is 17.0. The largest absolute Gasteiger partial charge is 0.416 e. The van der Waals surface area contributed by atoms with Gasteiger partial charge in [0.2, 0.25) is 0 Å². The number of hydrogen-bond donors (Lipinski definition) is 1. The molecule has 0 aromatic heterocycles. The number of carbonyl (C=O) groups excluding carboxylic acids is 3. The molecule has 0 aliphatic carbocycles. The Kier molecular flexibility index (Phi) is 5.23. The fraction of sp³-hybridized carbons (Fsp3) is 0.273. The zero-order valence-corrected chi connectivity index (χ0v) is 17.0. The summed E-state index contributed by atoms with van der Waals surface area (Å²) >= 11 is 0. The molecule has 0 saturated carbocycles. The summed E-state index contributed by atoms with van der Waals surface area (Å²) in [5.41, 5.74) is -1.10. The van der Waals surface area contributed by atoms with Gasteiger partial charge in [0.05, 0.1) is 17.8 Å². The number of nitrogens with one attached hydrogen (secondary N) is 1. The molecular formula is C22H19F3N4O3. The fourth-order valence-electron chi connectivity index (χ4n) is 3.73. The van der Waals surface area contributed by atoms with E-state index >= 15 is 0 Å². The Morgan fingerprint density at radius 3 is 2.53 bits per heavy atom. The summed E-state index contributed by atoms with van der Waals surface area (Å²) in [5, 5.41) is 7.91. The summed E-state index contributed by atoms with van der Waals surface area (Å²) in [7, 11) is 0. The van der Waals surface area contributed by atoms with Crippen molar-refractivity contribution in [1.29, 1.82) is 0 Å². The van der Waals surface area contributed by atoms with E-state index < -0.39 is 41.7 Å². The average Bonchev–Trinajstić information content (AvgIpc) is 3.34. The van der Waals surface area contributed by atoms with Crippen molar-refractivity contribution >= 4 is 23.6 Å².